The third kappa shape index (κ3) is 4.50. The summed E-state index contributed by atoms with van der Waals surface area (Å²) in [7, 11) is 0. The number of carbonyl (C=O) groups excluding carboxylic acids is 1. The highest BCUT2D eigenvalue weighted by molar-refractivity contribution is 6.04. The van der Waals surface area contributed by atoms with Crippen LogP contribution in [-0.4, -0.2) is 23.7 Å². The minimum absolute atomic E-state index is 0.0752. The van der Waals surface area contributed by atoms with Gasteiger partial charge in [0.1, 0.15) is 5.76 Å². The van der Waals surface area contributed by atoms with E-state index >= 15 is 0 Å². The van der Waals surface area contributed by atoms with Gasteiger partial charge < -0.3 is 14.6 Å². The second kappa shape index (κ2) is 8.50. The van der Waals surface area contributed by atoms with E-state index in [0.29, 0.717) is 17.2 Å². The van der Waals surface area contributed by atoms with E-state index in [1.807, 2.05) is 50.5 Å². The Labute approximate surface area is 179 Å². The summed E-state index contributed by atoms with van der Waals surface area (Å²) in [6.07, 6.45) is 2.72. The molecule has 1 aromatic carbocycles. The van der Waals surface area contributed by atoms with Gasteiger partial charge in [0.15, 0.2) is 0 Å². The maximum atomic E-state index is 13.4. The minimum atomic E-state index is -0.136. The molecule has 1 aromatic heterocycles. The number of rotatable bonds is 5. The predicted molar refractivity (Wildman–Crippen MR) is 123 cm³/mol. The van der Waals surface area contributed by atoms with Gasteiger partial charge in [-0.3, -0.25) is 4.79 Å². The number of allylic oxidation sites excluding steroid dienone is 1. The highest BCUT2D eigenvalue weighted by Crippen LogP contribution is 2.42. The Morgan fingerprint density at radius 3 is 2.50 bits per heavy atom. The number of carbonyl (C=O) groups is 1. The fourth-order valence-corrected chi connectivity index (χ4v) is 3.79. The summed E-state index contributed by atoms with van der Waals surface area (Å²) in [4.78, 5) is 20.1. The lowest BCUT2D eigenvalue weighted by Gasteiger charge is -2.33. The Balaban J connectivity index is 2.02. The first kappa shape index (κ1) is 21.9. The Morgan fingerprint density at radius 1 is 1.23 bits per heavy atom. The standard InChI is InChI=1S/C25H33N3O2/c1-8-16(2)22-21-20(23(29)27-17(3)19-12-10-9-11-13-19)18(4)30-24(21)26-15-28(22)14-25(5,6)7/h9-13,15,17H,8,14H2,1-7H3,(H,27,29)/b22-16+. The zero-order chi connectivity index (χ0) is 22.1. The van der Waals surface area contributed by atoms with Crippen molar-refractivity contribution in [2.24, 2.45) is 10.4 Å². The molecule has 160 valence electrons. The Morgan fingerprint density at radius 2 is 1.90 bits per heavy atom. The molecule has 0 radical (unpaired) electrons. The molecule has 1 atom stereocenters. The lowest BCUT2D eigenvalue weighted by molar-refractivity contribution is 0.0938. The van der Waals surface area contributed by atoms with E-state index in [1.54, 1.807) is 0 Å². The van der Waals surface area contributed by atoms with Crippen LogP contribution in [-0.2, 0) is 0 Å². The number of furan rings is 1. The van der Waals surface area contributed by atoms with Crippen LogP contribution in [0.15, 0.2) is 45.3 Å². The number of fused-ring (bicyclic) bond motifs is 1. The average Bonchev–Trinajstić information content (AvgIpc) is 3.02. The molecule has 2 aromatic rings. The zero-order valence-electron chi connectivity index (χ0n) is 19.2. The van der Waals surface area contributed by atoms with Crippen molar-refractivity contribution in [2.75, 3.05) is 6.54 Å². The lowest BCUT2D eigenvalue weighted by Crippen LogP contribution is -2.34. The van der Waals surface area contributed by atoms with Gasteiger partial charge in [0.2, 0.25) is 5.88 Å². The number of aliphatic imine (C=N–C) groups is 1. The molecule has 1 aliphatic rings. The van der Waals surface area contributed by atoms with Crippen LogP contribution in [0.5, 0.6) is 0 Å². The molecule has 0 spiro atoms. The number of nitrogens with one attached hydrogen (secondary N) is 1. The summed E-state index contributed by atoms with van der Waals surface area (Å²) >= 11 is 0. The van der Waals surface area contributed by atoms with E-state index in [2.05, 4.69) is 49.8 Å². The highest BCUT2D eigenvalue weighted by atomic mass is 16.4. The monoisotopic (exact) mass is 407 g/mol. The van der Waals surface area contributed by atoms with Crippen LogP contribution in [0.3, 0.4) is 0 Å². The highest BCUT2D eigenvalue weighted by Gasteiger charge is 2.33. The van der Waals surface area contributed by atoms with Gasteiger partial charge in [-0.25, -0.2) is 4.99 Å². The van der Waals surface area contributed by atoms with Crippen LogP contribution in [0.4, 0.5) is 5.88 Å². The molecular weight excluding hydrogens is 374 g/mol. The summed E-state index contributed by atoms with van der Waals surface area (Å²) < 4.78 is 5.93. The van der Waals surface area contributed by atoms with Gasteiger partial charge in [0.05, 0.1) is 29.2 Å². The largest absolute Gasteiger partial charge is 0.442 e. The first-order chi connectivity index (χ1) is 14.1. The summed E-state index contributed by atoms with van der Waals surface area (Å²) in [6, 6.07) is 9.86. The van der Waals surface area contributed by atoms with E-state index in [4.69, 9.17) is 4.42 Å². The Hall–Kier alpha value is -2.82. The molecule has 1 amide bonds. The fourth-order valence-electron chi connectivity index (χ4n) is 3.79. The summed E-state index contributed by atoms with van der Waals surface area (Å²) in [6.45, 7) is 15.5. The Kier molecular flexibility index (Phi) is 6.20. The van der Waals surface area contributed by atoms with Gasteiger partial charge in [-0.1, -0.05) is 58.0 Å². The number of nitrogens with zero attached hydrogens (tertiary/aromatic N) is 2. The van der Waals surface area contributed by atoms with Crippen LogP contribution in [0.2, 0.25) is 0 Å². The molecule has 0 aliphatic carbocycles. The first-order valence-electron chi connectivity index (χ1n) is 10.6. The smallest absolute Gasteiger partial charge is 0.256 e. The molecule has 3 rings (SSSR count). The third-order valence-corrected chi connectivity index (χ3v) is 5.36. The Bertz CT molecular complexity index is 978. The van der Waals surface area contributed by atoms with Gasteiger partial charge in [0, 0.05) is 6.54 Å². The van der Waals surface area contributed by atoms with Crippen molar-refractivity contribution in [1.82, 2.24) is 10.2 Å². The van der Waals surface area contributed by atoms with Crippen LogP contribution in [0, 0.1) is 12.3 Å². The number of hydrogen-bond donors (Lipinski definition) is 1. The summed E-state index contributed by atoms with van der Waals surface area (Å²) in [5.74, 6) is 0.968. The molecule has 0 saturated heterocycles. The van der Waals surface area contributed by atoms with E-state index in [0.717, 1.165) is 29.8 Å². The SMILES string of the molecule is CC/C(C)=C1\c2c(oc(C)c2C(=O)NC(C)c2ccccc2)N=CN1CC(C)(C)C. The van der Waals surface area contributed by atoms with Gasteiger partial charge in [-0.15, -0.1) is 0 Å². The molecule has 0 saturated carbocycles. The topological polar surface area (TPSA) is 57.8 Å². The molecule has 30 heavy (non-hydrogen) atoms. The van der Waals surface area contributed by atoms with Gasteiger partial charge >= 0.3 is 0 Å². The molecule has 5 heteroatoms. The molecule has 1 unspecified atom stereocenters. The van der Waals surface area contributed by atoms with Crippen LogP contribution in [0.1, 0.15) is 81.3 Å². The van der Waals surface area contributed by atoms with E-state index in [9.17, 15) is 4.79 Å². The molecule has 1 N–H and O–H groups in total. The first-order valence-corrected chi connectivity index (χ1v) is 10.6. The number of benzene rings is 1. The fraction of sp³-hybridized carbons (Fsp3) is 0.440. The molecule has 2 heterocycles. The maximum absolute atomic E-state index is 13.4. The molecule has 1 aliphatic heterocycles. The van der Waals surface area contributed by atoms with Gasteiger partial charge in [-0.2, -0.15) is 0 Å². The van der Waals surface area contributed by atoms with Gasteiger partial charge in [0.25, 0.3) is 5.91 Å². The minimum Gasteiger partial charge on any atom is -0.442 e. The quantitative estimate of drug-likeness (QED) is 0.638. The predicted octanol–water partition coefficient (Wildman–Crippen LogP) is 6.24. The van der Waals surface area contributed by atoms with E-state index < -0.39 is 0 Å². The average molecular weight is 408 g/mol. The van der Waals surface area contributed by atoms with E-state index in [-0.39, 0.29) is 17.4 Å². The summed E-state index contributed by atoms with van der Waals surface area (Å²) in [5.41, 5.74) is 4.76. The second-order valence-electron chi connectivity index (χ2n) is 9.23. The lowest BCUT2D eigenvalue weighted by atomic mass is 9.93. The van der Waals surface area contributed by atoms with Crippen molar-refractivity contribution < 1.29 is 9.21 Å². The summed E-state index contributed by atoms with van der Waals surface area (Å²) in [5, 5.41) is 3.14. The zero-order valence-corrected chi connectivity index (χ0v) is 19.2. The number of aryl methyl sites for hydroxylation is 1. The normalized spacial score (nSPS) is 16.3. The van der Waals surface area contributed by atoms with Crippen molar-refractivity contribution in [1.29, 1.82) is 0 Å². The third-order valence-electron chi connectivity index (χ3n) is 5.36. The molecule has 5 nitrogen and oxygen atoms in total. The van der Waals surface area contributed by atoms with Crippen molar-refractivity contribution in [2.45, 2.75) is 60.9 Å². The van der Waals surface area contributed by atoms with Crippen LogP contribution < -0.4 is 5.32 Å². The van der Waals surface area contributed by atoms with Crippen molar-refractivity contribution in [3.05, 3.63) is 58.4 Å². The van der Waals surface area contributed by atoms with Crippen LogP contribution in [0.25, 0.3) is 5.70 Å². The molecule has 0 bridgehead atoms. The van der Waals surface area contributed by atoms with E-state index in [1.165, 1.54) is 5.57 Å². The second-order valence-corrected chi connectivity index (χ2v) is 9.23. The number of hydrogen-bond acceptors (Lipinski definition) is 4. The van der Waals surface area contributed by atoms with Gasteiger partial charge in [-0.05, 0) is 43.7 Å². The molecular formula is C25H33N3O2. The maximum Gasteiger partial charge on any atom is 0.256 e. The number of amides is 1. The molecule has 0 fully saturated rings. The van der Waals surface area contributed by atoms with Crippen molar-refractivity contribution >= 4 is 23.8 Å². The van der Waals surface area contributed by atoms with Crippen LogP contribution >= 0.6 is 0 Å². The van der Waals surface area contributed by atoms with Crippen molar-refractivity contribution in [3.8, 4) is 0 Å². The van der Waals surface area contributed by atoms with Crippen molar-refractivity contribution in [3.63, 3.8) is 0 Å².